The predicted octanol–water partition coefficient (Wildman–Crippen LogP) is 4.15. The highest BCUT2D eigenvalue weighted by atomic mass is 32.1. The van der Waals surface area contributed by atoms with Crippen LogP contribution in [-0.2, 0) is 0 Å². The number of benzene rings is 2. The molecule has 5 nitrogen and oxygen atoms in total. The summed E-state index contributed by atoms with van der Waals surface area (Å²) in [5, 5.41) is 7.34. The zero-order valence-electron chi connectivity index (χ0n) is 14.7. The smallest absolute Gasteiger partial charge is 0.187 e. The third kappa shape index (κ3) is 3.22. The van der Waals surface area contributed by atoms with Crippen molar-refractivity contribution in [1.29, 1.82) is 0 Å². The van der Waals surface area contributed by atoms with Crippen LogP contribution in [0.1, 0.15) is 12.6 Å². The number of nitrogens with zero attached hydrogens (tertiary/aromatic N) is 2. The molecular formula is C20H20N4OS. The summed E-state index contributed by atoms with van der Waals surface area (Å²) in [6.45, 7) is 2.80. The van der Waals surface area contributed by atoms with Crippen LogP contribution in [-0.4, -0.2) is 18.6 Å². The molecule has 0 spiro atoms. The SMILES string of the molecule is COc1ccccc1Nc1nc(C2=C(C)[NH+](c3ccccc3)[N-]C2)cs1. The Hall–Kier alpha value is -2.67. The maximum absolute atomic E-state index is 5.39. The number of ether oxygens (including phenoxy) is 1. The van der Waals surface area contributed by atoms with Crippen molar-refractivity contribution < 1.29 is 9.75 Å². The van der Waals surface area contributed by atoms with E-state index < -0.39 is 0 Å². The summed E-state index contributed by atoms with van der Waals surface area (Å²) < 4.78 is 5.39. The topological polar surface area (TPSA) is 52.7 Å². The molecule has 6 heteroatoms. The minimum absolute atomic E-state index is 0.674. The lowest BCUT2D eigenvalue weighted by Crippen LogP contribution is -2.99. The monoisotopic (exact) mass is 364 g/mol. The molecule has 2 N–H and O–H groups in total. The number of hydrogen-bond acceptors (Lipinski definition) is 4. The molecule has 2 heterocycles. The van der Waals surface area contributed by atoms with Gasteiger partial charge in [0, 0.05) is 17.9 Å². The van der Waals surface area contributed by atoms with E-state index >= 15 is 0 Å². The number of para-hydroxylation sites is 3. The Morgan fingerprint density at radius 2 is 1.88 bits per heavy atom. The maximum atomic E-state index is 5.39. The van der Waals surface area contributed by atoms with Crippen molar-refractivity contribution >= 4 is 33.4 Å². The Morgan fingerprint density at radius 1 is 1.12 bits per heavy atom. The van der Waals surface area contributed by atoms with E-state index in [0.717, 1.165) is 33.0 Å². The second-order valence-corrected chi connectivity index (χ2v) is 6.86. The molecule has 2 aromatic carbocycles. The van der Waals surface area contributed by atoms with Crippen LogP contribution in [0.2, 0.25) is 0 Å². The van der Waals surface area contributed by atoms with E-state index in [-0.39, 0.29) is 0 Å². The Labute approximate surface area is 156 Å². The molecule has 0 fully saturated rings. The van der Waals surface area contributed by atoms with Crippen molar-refractivity contribution in [3.63, 3.8) is 0 Å². The Morgan fingerprint density at radius 3 is 2.69 bits per heavy atom. The first-order valence-electron chi connectivity index (χ1n) is 8.42. The second-order valence-electron chi connectivity index (χ2n) is 6.00. The van der Waals surface area contributed by atoms with Gasteiger partial charge >= 0.3 is 0 Å². The first-order valence-corrected chi connectivity index (χ1v) is 9.30. The highest BCUT2D eigenvalue weighted by Crippen LogP contribution is 2.31. The van der Waals surface area contributed by atoms with Crippen molar-refractivity contribution in [1.82, 2.24) is 4.98 Å². The summed E-state index contributed by atoms with van der Waals surface area (Å²) in [5.41, 5.74) is 10.2. The van der Waals surface area contributed by atoms with E-state index in [2.05, 4.69) is 29.8 Å². The van der Waals surface area contributed by atoms with Gasteiger partial charge in [0.1, 0.15) is 17.1 Å². The van der Waals surface area contributed by atoms with Gasteiger partial charge in [-0.25, -0.2) is 4.98 Å². The molecule has 0 saturated carbocycles. The van der Waals surface area contributed by atoms with Crippen LogP contribution < -0.4 is 15.1 Å². The highest BCUT2D eigenvalue weighted by Gasteiger charge is 2.21. The largest absolute Gasteiger partial charge is 0.495 e. The summed E-state index contributed by atoms with van der Waals surface area (Å²) >= 11 is 1.59. The molecule has 4 rings (SSSR count). The molecule has 1 aliphatic heterocycles. The van der Waals surface area contributed by atoms with Gasteiger partial charge in [0.15, 0.2) is 5.13 Å². The van der Waals surface area contributed by atoms with Crippen molar-refractivity contribution in [2.45, 2.75) is 6.92 Å². The molecule has 1 aromatic heterocycles. The van der Waals surface area contributed by atoms with Crippen LogP contribution in [0, 0.1) is 0 Å². The zero-order chi connectivity index (χ0) is 17.9. The number of quaternary nitrogens is 1. The lowest BCUT2D eigenvalue weighted by Gasteiger charge is -2.23. The fourth-order valence-electron chi connectivity index (χ4n) is 3.05. The van der Waals surface area contributed by atoms with E-state index in [9.17, 15) is 0 Å². The van der Waals surface area contributed by atoms with Gasteiger partial charge in [-0.3, -0.25) is 0 Å². The van der Waals surface area contributed by atoms with Crippen LogP contribution >= 0.6 is 11.3 Å². The molecule has 0 amide bonds. The van der Waals surface area contributed by atoms with E-state index in [0.29, 0.717) is 6.54 Å². The van der Waals surface area contributed by atoms with Gasteiger partial charge in [0.05, 0.1) is 18.5 Å². The number of rotatable bonds is 5. The normalized spacial score (nSPS) is 16.8. The lowest BCUT2D eigenvalue weighted by molar-refractivity contribution is -0.741. The highest BCUT2D eigenvalue weighted by molar-refractivity contribution is 7.13. The van der Waals surface area contributed by atoms with Crippen LogP contribution in [0.25, 0.3) is 11.0 Å². The van der Waals surface area contributed by atoms with E-state index in [1.165, 1.54) is 11.3 Å². The molecule has 132 valence electrons. The van der Waals surface area contributed by atoms with Gasteiger partial charge in [-0.15, -0.1) is 11.3 Å². The molecule has 1 unspecified atom stereocenters. The van der Waals surface area contributed by atoms with Gasteiger partial charge in [0.25, 0.3) is 0 Å². The predicted molar refractivity (Wildman–Crippen MR) is 106 cm³/mol. The minimum atomic E-state index is 0.674. The van der Waals surface area contributed by atoms with Crippen molar-refractivity contribution in [2.24, 2.45) is 0 Å². The number of aromatic nitrogens is 1. The van der Waals surface area contributed by atoms with E-state index in [1.54, 1.807) is 18.4 Å². The van der Waals surface area contributed by atoms with Gasteiger partial charge in [-0.2, -0.15) is 0 Å². The average molecular weight is 364 g/mol. The Kier molecular flexibility index (Phi) is 4.71. The number of methoxy groups -OCH3 is 1. The number of allylic oxidation sites excluding steroid dienone is 1. The van der Waals surface area contributed by atoms with Gasteiger partial charge in [-0.05, 0) is 24.3 Å². The van der Waals surface area contributed by atoms with Gasteiger partial charge in [0.2, 0.25) is 0 Å². The number of hydrogen-bond donors (Lipinski definition) is 2. The second kappa shape index (κ2) is 7.29. The molecule has 1 atom stereocenters. The lowest BCUT2D eigenvalue weighted by atomic mass is 10.2. The molecule has 0 saturated heterocycles. The van der Waals surface area contributed by atoms with Gasteiger partial charge < -0.3 is 20.5 Å². The molecule has 0 aliphatic carbocycles. The third-order valence-electron chi connectivity index (χ3n) is 4.41. The van der Waals surface area contributed by atoms with Crippen molar-refractivity contribution in [2.75, 3.05) is 19.0 Å². The fraction of sp³-hybridized carbons (Fsp3) is 0.150. The first-order chi connectivity index (χ1) is 12.8. The Bertz CT molecular complexity index is 936. The van der Waals surface area contributed by atoms with Gasteiger partial charge in [-0.1, -0.05) is 36.9 Å². The molecule has 26 heavy (non-hydrogen) atoms. The molecular weight excluding hydrogens is 344 g/mol. The van der Waals surface area contributed by atoms with Crippen LogP contribution in [0.5, 0.6) is 5.75 Å². The summed E-state index contributed by atoms with van der Waals surface area (Å²) in [7, 11) is 1.67. The van der Waals surface area contributed by atoms with Crippen LogP contribution in [0.15, 0.2) is 65.7 Å². The minimum Gasteiger partial charge on any atom is -0.495 e. The standard InChI is InChI=1S/C20H20N4OS/c1-14-16(12-21-24(14)15-8-4-3-5-9-15)18-13-26-20(23-18)22-17-10-6-7-11-19(17)25-2/h3-11,13,24H,12H2,1-2H3,(H,22,23). The van der Waals surface area contributed by atoms with E-state index in [4.69, 9.17) is 15.1 Å². The summed E-state index contributed by atoms with van der Waals surface area (Å²) in [5.74, 6) is 0.801. The summed E-state index contributed by atoms with van der Waals surface area (Å²) in [4.78, 5) is 4.76. The zero-order valence-corrected chi connectivity index (χ0v) is 15.5. The molecule has 3 aromatic rings. The fourth-order valence-corrected chi connectivity index (χ4v) is 3.79. The number of nitrogens with one attached hydrogen (secondary N) is 2. The Balaban J connectivity index is 1.57. The number of thiazole rings is 1. The van der Waals surface area contributed by atoms with Crippen molar-refractivity contribution in [3.8, 4) is 5.75 Å². The van der Waals surface area contributed by atoms with E-state index in [1.807, 2.05) is 42.5 Å². The van der Waals surface area contributed by atoms with Crippen LogP contribution in [0.3, 0.4) is 0 Å². The third-order valence-corrected chi connectivity index (χ3v) is 5.17. The average Bonchev–Trinajstić information content (AvgIpc) is 3.29. The quantitative estimate of drug-likeness (QED) is 0.715. The molecule has 0 radical (unpaired) electrons. The van der Waals surface area contributed by atoms with Crippen molar-refractivity contribution in [3.05, 3.63) is 76.8 Å². The number of anilines is 2. The summed E-state index contributed by atoms with van der Waals surface area (Å²) in [6.07, 6.45) is 0. The summed E-state index contributed by atoms with van der Waals surface area (Å²) in [6, 6.07) is 18.1. The molecule has 0 bridgehead atoms. The van der Waals surface area contributed by atoms with Crippen LogP contribution in [0.4, 0.5) is 16.5 Å². The maximum Gasteiger partial charge on any atom is 0.187 e. The first kappa shape index (κ1) is 16.8. The molecule has 1 aliphatic rings.